The van der Waals surface area contributed by atoms with Crippen LogP contribution in [0.3, 0.4) is 0 Å². The molecular formula is C15H11BrN2OS. The molecule has 2 aromatic heterocycles. The van der Waals surface area contributed by atoms with E-state index < -0.39 is 0 Å². The Balaban J connectivity index is 1.97. The SMILES string of the molecule is O=Cc1cn(Cc2ccccc2)nc1-c1sccc1Br. The molecule has 0 saturated carbocycles. The van der Waals surface area contributed by atoms with Crippen molar-refractivity contribution in [3.05, 3.63) is 63.6 Å². The average molecular weight is 347 g/mol. The first-order valence-corrected chi connectivity index (χ1v) is 7.75. The molecule has 0 aliphatic heterocycles. The molecule has 0 aliphatic carbocycles. The fraction of sp³-hybridized carbons (Fsp3) is 0.0667. The van der Waals surface area contributed by atoms with Gasteiger partial charge in [0.1, 0.15) is 5.69 Å². The summed E-state index contributed by atoms with van der Waals surface area (Å²) in [6.45, 7) is 0.657. The maximum atomic E-state index is 11.2. The van der Waals surface area contributed by atoms with Gasteiger partial charge < -0.3 is 0 Å². The third kappa shape index (κ3) is 2.59. The van der Waals surface area contributed by atoms with Gasteiger partial charge in [0.15, 0.2) is 6.29 Å². The zero-order chi connectivity index (χ0) is 13.9. The second kappa shape index (κ2) is 5.73. The zero-order valence-electron chi connectivity index (χ0n) is 10.5. The molecule has 0 N–H and O–H groups in total. The van der Waals surface area contributed by atoms with Crippen LogP contribution in [0.1, 0.15) is 15.9 Å². The first kappa shape index (κ1) is 13.3. The van der Waals surface area contributed by atoms with Gasteiger partial charge in [-0.05, 0) is 32.9 Å². The van der Waals surface area contributed by atoms with Gasteiger partial charge in [0.25, 0.3) is 0 Å². The van der Waals surface area contributed by atoms with Gasteiger partial charge in [-0.25, -0.2) is 0 Å². The van der Waals surface area contributed by atoms with Crippen molar-refractivity contribution in [3.8, 4) is 10.6 Å². The van der Waals surface area contributed by atoms with E-state index in [1.807, 2.05) is 41.8 Å². The highest BCUT2D eigenvalue weighted by Gasteiger charge is 2.14. The van der Waals surface area contributed by atoms with Crippen LogP contribution in [0, 0.1) is 0 Å². The normalized spacial score (nSPS) is 10.7. The first-order chi connectivity index (χ1) is 9.78. The van der Waals surface area contributed by atoms with Crippen molar-refractivity contribution in [2.24, 2.45) is 0 Å². The molecule has 0 unspecified atom stereocenters. The van der Waals surface area contributed by atoms with E-state index in [1.54, 1.807) is 22.2 Å². The van der Waals surface area contributed by atoms with Crippen LogP contribution >= 0.6 is 27.3 Å². The molecule has 5 heteroatoms. The fourth-order valence-corrected chi connectivity index (χ4v) is 3.58. The van der Waals surface area contributed by atoms with E-state index in [0.717, 1.165) is 26.9 Å². The van der Waals surface area contributed by atoms with Gasteiger partial charge in [-0.15, -0.1) is 11.3 Å². The van der Waals surface area contributed by atoms with Crippen molar-refractivity contribution in [2.75, 3.05) is 0 Å². The minimum atomic E-state index is 0.615. The van der Waals surface area contributed by atoms with Crippen LogP contribution in [0.25, 0.3) is 10.6 Å². The highest BCUT2D eigenvalue weighted by atomic mass is 79.9. The Hall–Kier alpha value is -1.72. The molecule has 20 heavy (non-hydrogen) atoms. The van der Waals surface area contributed by atoms with Gasteiger partial charge in [0, 0.05) is 10.7 Å². The zero-order valence-corrected chi connectivity index (χ0v) is 12.9. The van der Waals surface area contributed by atoms with Crippen molar-refractivity contribution in [3.63, 3.8) is 0 Å². The molecule has 2 heterocycles. The predicted molar refractivity (Wildman–Crippen MR) is 84.2 cm³/mol. The van der Waals surface area contributed by atoms with E-state index in [0.29, 0.717) is 12.1 Å². The van der Waals surface area contributed by atoms with Crippen LogP contribution in [0.15, 0.2) is 52.4 Å². The number of carbonyl (C=O) groups excluding carboxylic acids is 1. The Kier molecular flexibility index (Phi) is 3.80. The van der Waals surface area contributed by atoms with E-state index in [-0.39, 0.29) is 0 Å². The highest BCUT2D eigenvalue weighted by molar-refractivity contribution is 9.10. The van der Waals surface area contributed by atoms with Crippen LogP contribution in [0.5, 0.6) is 0 Å². The lowest BCUT2D eigenvalue weighted by molar-refractivity contribution is 0.112. The van der Waals surface area contributed by atoms with Crippen molar-refractivity contribution >= 4 is 33.6 Å². The minimum absolute atomic E-state index is 0.615. The van der Waals surface area contributed by atoms with Crippen molar-refractivity contribution in [1.82, 2.24) is 9.78 Å². The van der Waals surface area contributed by atoms with Gasteiger partial charge in [0.2, 0.25) is 0 Å². The lowest BCUT2D eigenvalue weighted by atomic mass is 10.2. The van der Waals surface area contributed by atoms with Crippen LogP contribution < -0.4 is 0 Å². The van der Waals surface area contributed by atoms with E-state index in [1.165, 1.54) is 0 Å². The summed E-state index contributed by atoms with van der Waals surface area (Å²) < 4.78 is 2.77. The molecule has 0 aliphatic rings. The van der Waals surface area contributed by atoms with Crippen LogP contribution in [0.4, 0.5) is 0 Å². The molecule has 0 saturated heterocycles. The van der Waals surface area contributed by atoms with Crippen molar-refractivity contribution < 1.29 is 4.79 Å². The number of carbonyl (C=O) groups is 1. The molecule has 3 rings (SSSR count). The third-order valence-electron chi connectivity index (χ3n) is 2.94. The van der Waals surface area contributed by atoms with Crippen molar-refractivity contribution in [1.29, 1.82) is 0 Å². The first-order valence-electron chi connectivity index (χ1n) is 6.08. The number of rotatable bonds is 4. The molecule has 0 bridgehead atoms. The quantitative estimate of drug-likeness (QED) is 0.662. The molecule has 3 nitrogen and oxygen atoms in total. The number of hydrogen-bond donors (Lipinski definition) is 0. The Bertz CT molecular complexity index is 733. The van der Waals surface area contributed by atoms with Gasteiger partial charge in [0.05, 0.1) is 17.0 Å². The van der Waals surface area contributed by atoms with Gasteiger partial charge in [-0.3, -0.25) is 9.48 Å². The number of benzene rings is 1. The Labute approximate surface area is 129 Å². The summed E-state index contributed by atoms with van der Waals surface area (Å²) in [5.74, 6) is 0. The van der Waals surface area contributed by atoms with Crippen LogP contribution in [-0.4, -0.2) is 16.1 Å². The Morgan fingerprint density at radius 2 is 2.05 bits per heavy atom. The standard InChI is InChI=1S/C15H11BrN2OS/c16-13-6-7-20-15(13)14-12(10-19)9-18(17-14)8-11-4-2-1-3-5-11/h1-7,9-10H,8H2. The topological polar surface area (TPSA) is 34.9 Å². The van der Waals surface area contributed by atoms with Crippen LogP contribution in [0.2, 0.25) is 0 Å². The fourth-order valence-electron chi connectivity index (χ4n) is 2.01. The van der Waals surface area contributed by atoms with Crippen LogP contribution in [-0.2, 0) is 6.54 Å². The number of aromatic nitrogens is 2. The number of aldehydes is 1. The molecule has 3 aromatic rings. The van der Waals surface area contributed by atoms with E-state index in [4.69, 9.17) is 0 Å². The van der Waals surface area contributed by atoms with Crippen molar-refractivity contribution in [2.45, 2.75) is 6.54 Å². The number of halogens is 1. The maximum absolute atomic E-state index is 11.2. The second-order valence-corrected chi connectivity index (χ2v) is 6.10. The number of hydrogen-bond acceptors (Lipinski definition) is 3. The number of thiophene rings is 1. The minimum Gasteiger partial charge on any atom is -0.298 e. The molecular weight excluding hydrogens is 336 g/mol. The molecule has 0 atom stereocenters. The average Bonchev–Trinajstić information content (AvgIpc) is 3.05. The van der Waals surface area contributed by atoms with E-state index in [2.05, 4.69) is 21.0 Å². The Morgan fingerprint density at radius 3 is 2.70 bits per heavy atom. The molecule has 0 radical (unpaired) electrons. The molecule has 1 aromatic carbocycles. The summed E-state index contributed by atoms with van der Waals surface area (Å²) >= 11 is 5.06. The smallest absolute Gasteiger partial charge is 0.153 e. The van der Waals surface area contributed by atoms with Gasteiger partial charge >= 0.3 is 0 Å². The lowest BCUT2D eigenvalue weighted by Crippen LogP contribution is -1.99. The summed E-state index contributed by atoms with van der Waals surface area (Å²) in [5.41, 5.74) is 2.51. The molecule has 0 fully saturated rings. The largest absolute Gasteiger partial charge is 0.298 e. The lowest BCUT2D eigenvalue weighted by Gasteiger charge is -2.00. The van der Waals surface area contributed by atoms with E-state index >= 15 is 0 Å². The summed E-state index contributed by atoms with van der Waals surface area (Å²) in [6.07, 6.45) is 2.65. The van der Waals surface area contributed by atoms with E-state index in [9.17, 15) is 4.79 Å². The van der Waals surface area contributed by atoms with Gasteiger partial charge in [-0.2, -0.15) is 5.10 Å². The predicted octanol–water partition coefficient (Wildman–Crippen LogP) is 4.23. The second-order valence-electron chi connectivity index (χ2n) is 4.33. The summed E-state index contributed by atoms with van der Waals surface area (Å²) in [6, 6.07) is 12.0. The summed E-state index contributed by atoms with van der Waals surface area (Å²) in [4.78, 5) is 12.2. The number of nitrogens with zero attached hydrogens (tertiary/aromatic N) is 2. The maximum Gasteiger partial charge on any atom is 0.153 e. The molecule has 100 valence electrons. The monoisotopic (exact) mass is 346 g/mol. The molecule has 0 spiro atoms. The Morgan fingerprint density at radius 1 is 1.25 bits per heavy atom. The summed E-state index contributed by atoms with van der Waals surface area (Å²) in [7, 11) is 0. The van der Waals surface area contributed by atoms with Gasteiger partial charge in [-0.1, -0.05) is 30.3 Å². The molecule has 0 amide bonds. The highest BCUT2D eigenvalue weighted by Crippen LogP contribution is 2.34. The third-order valence-corrected chi connectivity index (χ3v) is 4.78. The summed E-state index contributed by atoms with van der Waals surface area (Å²) in [5, 5.41) is 6.52.